The molecule has 11 heteroatoms. The van der Waals surface area contributed by atoms with Crippen molar-refractivity contribution >= 4 is 23.6 Å². The second kappa shape index (κ2) is 14.2. The summed E-state index contributed by atoms with van der Waals surface area (Å²) in [6.07, 6.45) is 2.55. The van der Waals surface area contributed by atoms with Crippen molar-refractivity contribution in [1.82, 2.24) is 14.9 Å². The van der Waals surface area contributed by atoms with Gasteiger partial charge in [-0.3, -0.25) is 0 Å². The van der Waals surface area contributed by atoms with Crippen LogP contribution >= 0.6 is 11.6 Å². The number of carbonyl (C=O) groups excluding carboxylic acids is 1. The fourth-order valence-electron chi connectivity index (χ4n) is 5.12. The molecular formula is C29H40ClF3N4O3. The number of nitrogens with zero attached hydrogens (tertiary/aromatic N) is 4. The van der Waals surface area contributed by atoms with Crippen LogP contribution in [0.5, 0.6) is 5.75 Å². The molecule has 1 saturated heterocycles. The Hall–Kier alpha value is -2.75. The number of rotatable bonds is 11. The molecule has 7 nitrogen and oxygen atoms in total. The normalized spacial score (nSPS) is 19.6. The van der Waals surface area contributed by atoms with E-state index in [0.29, 0.717) is 49.6 Å². The molecule has 0 radical (unpaired) electrons. The predicted octanol–water partition coefficient (Wildman–Crippen LogP) is 7.90. The van der Waals surface area contributed by atoms with Gasteiger partial charge in [0.15, 0.2) is 5.75 Å². The van der Waals surface area contributed by atoms with E-state index >= 15 is 0 Å². The highest BCUT2D eigenvalue weighted by atomic mass is 35.5. The van der Waals surface area contributed by atoms with Crippen molar-refractivity contribution in [2.45, 2.75) is 110 Å². The Bertz CT molecular complexity index is 1090. The second-order valence-corrected chi connectivity index (χ2v) is 10.9. The van der Waals surface area contributed by atoms with E-state index in [1.165, 1.54) is 6.07 Å². The summed E-state index contributed by atoms with van der Waals surface area (Å²) < 4.78 is 52.0. The van der Waals surface area contributed by atoms with Crippen LogP contribution in [0.4, 0.5) is 23.9 Å². The van der Waals surface area contributed by atoms with Crippen molar-refractivity contribution in [3.05, 3.63) is 46.7 Å². The van der Waals surface area contributed by atoms with Gasteiger partial charge in [-0.1, -0.05) is 38.8 Å². The molecule has 3 rings (SSSR count). The Balaban J connectivity index is 1.97. The summed E-state index contributed by atoms with van der Waals surface area (Å²) in [5, 5.41) is 0.00878. The standard InChI is InChI=1S/C29H40ClF3N4O3/c1-6-9-10-39-26-16-34-27(35-17-26)36(18-20-11-21(29(31,32)33)13-22(30)12-20)25-14-23(7-2)37(24(8-3)15-25)28(38)40-19(4)5/h11-13,16-17,19,23-25H,6-10,14-15,18H2,1-5H3/t23-,24+,25+. The minimum absolute atomic E-state index is 0.00878. The molecule has 2 aromatic rings. The van der Waals surface area contributed by atoms with Crippen molar-refractivity contribution < 1.29 is 27.4 Å². The van der Waals surface area contributed by atoms with Gasteiger partial charge in [0.05, 0.1) is 30.7 Å². The van der Waals surface area contributed by atoms with Gasteiger partial charge in [-0.2, -0.15) is 13.2 Å². The Morgan fingerprint density at radius 3 is 2.25 bits per heavy atom. The number of carbonyl (C=O) groups is 1. The van der Waals surface area contributed by atoms with Crippen LogP contribution in [0.2, 0.25) is 5.02 Å². The van der Waals surface area contributed by atoms with Crippen LogP contribution in [0.1, 0.15) is 84.3 Å². The molecule has 1 aliphatic rings. The molecule has 222 valence electrons. The van der Waals surface area contributed by atoms with E-state index in [4.69, 9.17) is 21.1 Å². The Labute approximate surface area is 240 Å². The number of aromatic nitrogens is 2. The number of hydrogen-bond acceptors (Lipinski definition) is 6. The van der Waals surface area contributed by atoms with Gasteiger partial charge in [-0.15, -0.1) is 0 Å². The summed E-state index contributed by atoms with van der Waals surface area (Å²) in [4.78, 5) is 25.9. The number of alkyl halides is 3. The van der Waals surface area contributed by atoms with E-state index in [1.807, 2.05) is 37.5 Å². The zero-order chi connectivity index (χ0) is 29.4. The lowest BCUT2D eigenvalue weighted by molar-refractivity contribution is -0.137. The minimum Gasteiger partial charge on any atom is -0.490 e. The Morgan fingerprint density at radius 1 is 1.10 bits per heavy atom. The number of hydrogen-bond donors (Lipinski definition) is 0. The third-order valence-corrected chi connectivity index (χ3v) is 7.30. The first-order valence-corrected chi connectivity index (χ1v) is 14.4. The van der Waals surface area contributed by atoms with E-state index in [1.54, 1.807) is 12.4 Å². The highest BCUT2D eigenvalue weighted by Crippen LogP contribution is 2.36. The van der Waals surface area contributed by atoms with Crippen LogP contribution in [0.3, 0.4) is 0 Å². The number of amides is 1. The lowest BCUT2D eigenvalue weighted by Crippen LogP contribution is -2.57. The number of anilines is 1. The van der Waals surface area contributed by atoms with Crippen LogP contribution < -0.4 is 9.64 Å². The van der Waals surface area contributed by atoms with Crippen molar-refractivity contribution in [3.8, 4) is 5.75 Å². The SMILES string of the molecule is CCCCOc1cnc(N(Cc2cc(Cl)cc(C(F)(F)F)c2)[C@H]2C[C@@H](CC)N(C(=O)OC(C)C)[C@@H](CC)C2)nc1. The molecule has 3 atom stereocenters. The monoisotopic (exact) mass is 584 g/mol. The zero-order valence-electron chi connectivity index (χ0n) is 23.9. The Kier molecular flexibility index (Phi) is 11.3. The molecule has 1 aromatic heterocycles. The Morgan fingerprint density at radius 2 is 1.73 bits per heavy atom. The third kappa shape index (κ3) is 8.38. The van der Waals surface area contributed by atoms with Crippen LogP contribution in [0.25, 0.3) is 0 Å². The van der Waals surface area contributed by atoms with Gasteiger partial charge < -0.3 is 19.3 Å². The molecule has 1 aromatic carbocycles. The first-order valence-electron chi connectivity index (χ1n) is 14.0. The van der Waals surface area contributed by atoms with Gasteiger partial charge in [0.2, 0.25) is 5.95 Å². The second-order valence-electron chi connectivity index (χ2n) is 10.5. The summed E-state index contributed by atoms with van der Waals surface area (Å²) >= 11 is 6.11. The molecule has 0 N–H and O–H groups in total. The number of piperidine rings is 1. The fourth-order valence-corrected chi connectivity index (χ4v) is 5.38. The number of benzene rings is 1. The van der Waals surface area contributed by atoms with Crippen LogP contribution in [-0.4, -0.2) is 51.8 Å². The topological polar surface area (TPSA) is 67.8 Å². The molecule has 0 bridgehead atoms. The minimum atomic E-state index is -4.53. The third-order valence-electron chi connectivity index (χ3n) is 7.08. The molecule has 0 spiro atoms. The average Bonchev–Trinajstić information content (AvgIpc) is 2.90. The van der Waals surface area contributed by atoms with Gasteiger partial charge in [-0.05, 0) is 69.7 Å². The molecule has 1 aliphatic heterocycles. The number of halogens is 4. The van der Waals surface area contributed by atoms with Crippen molar-refractivity contribution in [3.63, 3.8) is 0 Å². The number of unbranched alkanes of at least 4 members (excludes halogenated alkanes) is 1. The van der Waals surface area contributed by atoms with Crippen LogP contribution in [0.15, 0.2) is 30.6 Å². The molecule has 2 heterocycles. The maximum Gasteiger partial charge on any atom is 0.416 e. The number of likely N-dealkylation sites (tertiary alicyclic amines) is 1. The van der Waals surface area contributed by atoms with E-state index in [0.717, 1.165) is 25.0 Å². The smallest absolute Gasteiger partial charge is 0.416 e. The van der Waals surface area contributed by atoms with E-state index in [-0.39, 0.29) is 41.9 Å². The molecule has 0 unspecified atom stereocenters. The maximum absolute atomic E-state index is 13.6. The quantitative estimate of drug-likeness (QED) is 0.250. The zero-order valence-corrected chi connectivity index (χ0v) is 24.6. The predicted molar refractivity (Wildman–Crippen MR) is 150 cm³/mol. The molecule has 40 heavy (non-hydrogen) atoms. The van der Waals surface area contributed by atoms with E-state index in [9.17, 15) is 18.0 Å². The van der Waals surface area contributed by atoms with E-state index < -0.39 is 11.7 Å². The van der Waals surface area contributed by atoms with Gasteiger partial charge in [0.1, 0.15) is 0 Å². The highest BCUT2D eigenvalue weighted by Gasteiger charge is 2.41. The maximum atomic E-state index is 13.6. The van der Waals surface area contributed by atoms with E-state index in [2.05, 4.69) is 16.9 Å². The molecule has 0 saturated carbocycles. The average molecular weight is 585 g/mol. The first-order chi connectivity index (χ1) is 19.0. The van der Waals surface area contributed by atoms with Crippen molar-refractivity contribution in [2.24, 2.45) is 0 Å². The molecular weight excluding hydrogens is 545 g/mol. The van der Waals surface area contributed by atoms with Gasteiger partial charge in [0, 0.05) is 29.7 Å². The summed E-state index contributed by atoms with van der Waals surface area (Å²) in [5.41, 5.74) is -0.408. The fraction of sp³-hybridized carbons (Fsp3) is 0.621. The molecule has 1 amide bonds. The summed E-state index contributed by atoms with van der Waals surface area (Å²) in [6, 6.07) is 3.21. The van der Waals surface area contributed by atoms with Crippen LogP contribution in [-0.2, 0) is 17.5 Å². The summed E-state index contributed by atoms with van der Waals surface area (Å²) in [6.45, 7) is 10.4. The molecule has 1 fully saturated rings. The van der Waals surface area contributed by atoms with Gasteiger partial charge in [-0.25, -0.2) is 14.8 Å². The van der Waals surface area contributed by atoms with Crippen molar-refractivity contribution in [1.29, 1.82) is 0 Å². The van der Waals surface area contributed by atoms with Crippen molar-refractivity contribution in [2.75, 3.05) is 11.5 Å². The summed E-state index contributed by atoms with van der Waals surface area (Å²) in [7, 11) is 0. The first kappa shape index (κ1) is 31.8. The lowest BCUT2D eigenvalue weighted by Gasteiger charge is -2.47. The van der Waals surface area contributed by atoms with Crippen LogP contribution in [0, 0.1) is 0 Å². The largest absolute Gasteiger partial charge is 0.490 e. The highest BCUT2D eigenvalue weighted by molar-refractivity contribution is 6.30. The lowest BCUT2D eigenvalue weighted by atomic mass is 9.87. The van der Waals surface area contributed by atoms with Gasteiger partial charge in [0.25, 0.3) is 0 Å². The molecule has 0 aliphatic carbocycles. The number of ether oxygens (including phenoxy) is 2. The van der Waals surface area contributed by atoms with Gasteiger partial charge >= 0.3 is 12.3 Å². The summed E-state index contributed by atoms with van der Waals surface area (Å²) in [5.74, 6) is 0.910.